The maximum absolute atomic E-state index is 12.3. The Morgan fingerprint density at radius 1 is 0.657 bits per heavy atom. The molecule has 35 heavy (non-hydrogen) atoms. The first-order valence-corrected chi connectivity index (χ1v) is 11.5. The Morgan fingerprint density at radius 2 is 1.34 bits per heavy atom. The lowest BCUT2D eigenvalue weighted by Crippen LogP contribution is -2.18. The number of aryl methyl sites for hydroxylation is 1. The van der Waals surface area contributed by atoms with E-state index in [2.05, 4.69) is 0 Å². The van der Waals surface area contributed by atoms with Crippen molar-refractivity contribution in [3.63, 3.8) is 0 Å². The molecule has 5 heteroatoms. The molecule has 0 aliphatic rings. The third-order valence-corrected chi connectivity index (χ3v) is 5.31. The lowest BCUT2D eigenvalue weighted by Gasteiger charge is -2.09. The van der Waals surface area contributed by atoms with Gasteiger partial charge in [-0.05, 0) is 59.9 Å². The van der Waals surface area contributed by atoms with Gasteiger partial charge in [0.15, 0.2) is 6.61 Å². The minimum atomic E-state index is -0.564. The molecule has 0 amide bonds. The molecule has 0 N–H and O–H groups in total. The summed E-state index contributed by atoms with van der Waals surface area (Å²) in [4.78, 5) is 24.6. The van der Waals surface area contributed by atoms with Crippen LogP contribution in [-0.4, -0.2) is 25.2 Å². The Bertz CT molecular complexity index is 1230. The Labute approximate surface area is 204 Å². The highest BCUT2D eigenvalue weighted by Crippen LogP contribution is 2.22. The summed E-state index contributed by atoms with van der Waals surface area (Å²) in [5.41, 5.74) is 3.69. The first-order valence-electron chi connectivity index (χ1n) is 11.5. The molecule has 0 aromatic heterocycles. The van der Waals surface area contributed by atoms with Gasteiger partial charge in [0, 0.05) is 0 Å². The van der Waals surface area contributed by atoms with Gasteiger partial charge in [0.1, 0.15) is 11.5 Å². The number of ether oxygens (including phenoxy) is 3. The van der Waals surface area contributed by atoms with Crippen LogP contribution in [0.2, 0.25) is 0 Å². The molecule has 176 valence electrons. The molecule has 4 aromatic rings. The second kappa shape index (κ2) is 12.2. The third kappa shape index (κ3) is 7.30. The van der Waals surface area contributed by atoms with Crippen LogP contribution in [0.1, 0.15) is 22.3 Å². The summed E-state index contributed by atoms with van der Waals surface area (Å²) in [7, 11) is 0. The van der Waals surface area contributed by atoms with E-state index in [9.17, 15) is 9.59 Å². The third-order valence-electron chi connectivity index (χ3n) is 5.31. The SMILES string of the molecule is O=C(COc1ccc(-c2ccccc2)cc1)Oc1cccc(C(=O)OCCCc2ccccc2)c1. The van der Waals surface area contributed by atoms with E-state index in [1.807, 2.05) is 84.9 Å². The average molecular weight is 467 g/mol. The Kier molecular flexibility index (Phi) is 8.28. The maximum atomic E-state index is 12.3. The number of rotatable bonds is 10. The van der Waals surface area contributed by atoms with Crippen molar-refractivity contribution in [3.8, 4) is 22.6 Å². The molecule has 0 aliphatic heterocycles. The smallest absolute Gasteiger partial charge is 0.349 e. The summed E-state index contributed by atoms with van der Waals surface area (Å²) in [5.74, 6) is -0.192. The van der Waals surface area contributed by atoms with Gasteiger partial charge < -0.3 is 14.2 Å². The quantitative estimate of drug-likeness (QED) is 0.160. The Morgan fingerprint density at radius 3 is 2.09 bits per heavy atom. The van der Waals surface area contributed by atoms with Crippen LogP contribution in [0, 0.1) is 0 Å². The van der Waals surface area contributed by atoms with Gasteiger partial charge in [-0.15, -0.1) is 0 Å². The van der Waals surface area contributed by atoms with E-state index in [0.717, 1.165) is 24.0 Å². The van der Waals surface area contributed by atoms with Gasteiger partial charge >= 0.3 is 11.9 Å². The summed E-state index contributed by atoms with van der Waals surface area (Å²) < 4.78 is 16.2. The van der Waals surface area contributed by atoms with Gasteiger partial charge in [0.25, 0.3) is 0 Å². The van der Waals surface area contributed by atoms with Gasteiger partial charge in [-0.3, -0.25) is 0 Å². The van der Waals surface area contributed by atoms with Crippen molar-refractivity contribution in [2.45, 2.75) is 12.8 Å². The topological polar surface area (TPSA) is 61.8 Å². The molecule has 4 aromatic carbocycles. The molecule has 0 atom stereocenters. The van der Waals surface area contributed by atoms with E-state index in [4.69, 9.17) is 14.2 Å². The van der Waals surface area contributed by atoms with Gasteiger partial charge in [0.05, 0.1) is 12.2 Å². The normalized spacial score (nSPS) is 10.4. The highest BCUT2D eigenvalue weighted by atomic mass is 16.6. The van der Waals surface area contributed by atoms with E-state index in [0.29, 0.717) is 17.9 Å². The number of carbonyl (C=O) groups is 2. The van der Waals surface area contributed by atoms with Crippen LogP contribution in [-0.2, 0) is 16.0 Å². The summed E-state index contributed by atoms with van der Waals surface area (Å²) in [6, 6.07) is 33.9. The highest BCUT2D eigenvalue weighted by molar-refractivity contribution is 5.90. The molecule has 0 heterocycles. The summed E-state index contributed by atoms with van der Waals surface area (Å²) in [5, 5.41) is 0. The summed E-state index contributed by atoms with van der Waals surface area (Å²) in [6.07, 6.45) is 1.56. The largest absolute Gasteiger partial charge is 0.482 e. The molecule has 0 spiro atoms. The van der Waals surface area contributed by atoms with Crippen molar-refractivity contribution in [3.05, 3.63) is 120 Å². The lowest BCUT2D eigenvalue weighted by molar-refractivity contribution is -0.136. The number of hydrogen-bond donors (Lipinski definition) is 0. The zero-order valence-electron chi connectivity index (χ0n) is 19.3. The average Bonchev–Trinajstić information content (AvgIpc) is 2.91. The fourth-order valence-corrected chi connectivity index (χ4v) is 3.53. The van der Waals surface area contributed by atoms with Gasteiger partial charge in [-0.1, -0.05) is 78.9 Å². The van der Waals surface area contributed by atoms with Crippen molar-refractivity contribution >= 4 is 11.9 Å². The molecular weight excluding hydrogens is 440 g/mol. The second-order valence-corrected chi connectivity index (χ2v) is 7.91. The van der Waals surface area contributed by atoms with Crippen molar-refractivity contribution in [2.24, 2.45) is 0 Å². The molecule has 0 bridgehead atoms. The molecule has 0 fully saturated rings. The molecular formula is C30H26O5. The van der Waals surface area contributed by atoms with E-state index < -0.39 is 11.9 Å². The van der Waals surface area contributed by atoms with Gasteiger partial charge in [-0.2, -0.15) is 0 Å². The lowest BCUT2D eigenvalue weighted by atomic mass is 10.1. The minimum absolute atomic E-state index is 0.251. The first kappa shape index (κ1) is 23.8. The van der Waals surface area contributed by atoms with Crippen molar-refractivity contribution in [1.29, 1.82) is 0 Å². The number of benzene rings is 4. The van der Waals surface area contributed by atoms with E-state index in [1.54, 1.807) is 18.2 Å². The first-order chi connectivity index (χ1) is 17.2. The summed E-state index contributed by atoms with van der Waals surface area (Å²) >= 11 is 0. The van der Waals surface area contributed by atoms with Crippen LogP contribution in [0.4, 0.5) is 0 Å². The van der Waals surface area contributed by atoms with Crippen LogP contribution in [0.15, 0.2) is 109 Å². The zero-order valence-corrected chi connectivity index (χ0v) is 19.3. The van der Waals surface area contributed by atoms with E-state index >= 15 is 0 Å². The van der Waals surface area contributed by atoms with E-state index in [-0.39, 0.29) is 12.4 Å². The minimum Gasteiger partial charge on any atom is -0.482 e. The molecule has 0 unspecified atom stereocenters. The Hall–Kier alpha value is -4.38. The maximum Gasteiger partial charge on any atom is 0.349 e. The molecule has 0 saturated heterocycles. The monoisotopic (exact) mass is 466 g/mol. The summed E-state index contributed by atoms with van der Waals surface area (Å²) in [6.45, 7) is 0.0630. The molecule has 0 radical (unpaired) electrons. The van der Waals surface area contributed by atoms with Crippen LogP contribution in [0.3, 0.4) is 0 Å². The van der Waals surface area contributed by atoms with Crippen LogP contribution in [0.5, 0.6) is 11.5 Å². The molecule has 0 aliphatic carbocycles. The molecule has 0 saturated carbocycles. The van der Waals surface area contributed by atoms with Crippen LogP contribution in [0.25, 0.3) is 11.1 Å². The number of carbonyl (C=O) groups excluding carboxylic acids is 2. The number of hydrogen-bond acceptors (Lipinski definition) is 5. The van der Waals surface area contributed by atoms with Gasteiger partial charge in [-0.25, -0.2) is 9.59 Å². The van der Waals surface area contributed by atoms with E-state index in [1.165, 1.54) is 11.6 Å². The zero-order chi connectivity index (χ0) is 24.3. The Balaban J connectivity index is 1.22. The van der Waals surface area contributed by atoms with Crippen molar-refractivity contribution < 1.29 is 23.8 Å². The van der Waals surface area contributed by atoms with Gasteiger partial charge in [0.2, 0.25) is 0 Å². The fraction of sp³-hybridized carbons (Fsp3) is 0.133. The molecule has 4 rings (SSSR count). The van der Waals surface area contributed by atoms with Crippen molar-refractivity contribution in [2.75, 3.05) is 13.2 Å². The van der Waals surface area contributed by atoms with Crippen molar-refractivity contribution in [1.82, 2.24) is 0 Å². The number of esters is 2. The second-order valence-electron chi connectivity index (χ2n) is 7.91. The van der Waals surface area contributed by atoms with Crippen LogP contribution >= 0.6 is 0 Å². The standard InChI is InChI=1S/C30H26O5/c31-29(22-34-27-18-16-25(17-19-27)24-12-5-2-6-13-24)35-28-15-7-14-26(21-28)30(32)33-20-8-11-23-9-3-1-4-10-23/h1-7,9-10,12-19,21H,8,11,20,22H2. The van der Waals surface area contributed by atoms with Crippen LogP contribution < -0.4 is 9.47 Å². The predicted molar refractivity (Wildman–Crippen MR) is 134 cm³/mol. The highest BCUT2D eigenvalue weighted by Gasteiger charge is 2.11. The molecule has 5 nitrogen and oxygen atoms in total. The predicted octanol–water partition coefficient (Wildman–Crippen LogP) is 6.13. The fourth-order valence-electron chi connectivity index (χ4n) is 3.53.